The van der Waals surface area contributed by atoms with Gasteiger partial charge in [0.15, 0.2) is 0 Å². The zero-order chi connectivity index (χ0) is 22.2. The van der Waals surface area contributed by atoms with Crippen LogP contribution in [0.25, 0.3) is 0 Å². The summed E-state index contributed by atoms with van der Waals surface area (Å²) < 4.78 is 44.8. The molecule has 0 aromatic carbocycles. The summed E-state index contributed by atoms with van der Waals surface area (Å²) in [4.78, 5) is 25.0. The Kier molecular flexibility index (Phi) is 10.3. The third-order valence-corrected chi connectivity index (χ3v) is 9.98. The largest absolute Gasteiger partial charge is 0.340 e. The molecule has 1 atom stereocenters. The first-order valence-corrected chi connectivity index (χ1v) is 13.6. The van der Waals surface area contributed by atoms with Crippen molar-refractivity contribution in [3.63, 3.8) is 0 Å². The van der Waals surface area contributed by atoms with Gasteiger partial charge in [-0.15, -0.1) is 0 Å². The standard InChI is InChI=1S/C18H34N2O7P2/c1-14(2)25-28(23,13-29(24,26-15(3)4)27-16(5)6)12-8-7-10-20-11-9-17(21)19-18(20)22/h9,11,14-16H,7-8,10,12-13H2,1-6H3,(H,19,21,22). The average Bonchev–Trinajstić information content (AvgIpc) is 2.49. The van der Waals surface area contributed by atoms with Crippen molar-refractivity contribution in [2.24, 2.45) is 0 Å². The lowest BCUT2D eigenvalue weighted by molar-refractivity contribution is 0.144. The summed E-state index contributed by atoms with van der Waals surface area (Å²) in [5.74, 6) is -0.285. The SMILES string of the molecule is CC(C)OP(=O)(CCCCn1ccc(=O)[nH]c1=O)CP(=O)(OC(C)C)OC(C)C. The molecule has 0 saturated heterocycles. The molecule has 29 heavy (non-hydrogen) atoms. The van der Waals surface area contributed by atoms with Crippen molar-refractivity contribution >= 4 is 15.0 Å². The predicted octanol–water partition coefficient (Wildman–Crippen LogP) is 4.02. The topological polar surface area (TPSA) is 117 Å². The Morgan fingerprint density at radius 3 is 1.97 bits per heavy atom. The van der Waals surface area contributed by atoms with Gasteiger partial charge in [-0.3, -0.25) is 18.9 Å². The number of aromatic nitrogens is 2. The summed E-state index contributed by atoms with van der Waals surface area (Å²) in [5.41, 5.74) is -0.938. The molecular formula is C18H34N2O7P2. The van der Waals surface area contributed by atoms with E-state index in [-0.39, 0.29) is 30.4 Å². The minimum absolute atomic E-state index is 0.191. The fraction of sp³-hybridized carbons (Fsp3) is 0.778. The Labute approximate surface area is 172 Å². The van der Waals surface area contributed by atoms with Gasteiger partial charge in [0.05, 0.1) is 18.3 Å². The van der Waals surface area contributed by atoms with Gasteiger partial charge in [0.2, 0.25) is 7.37 Å². The molecule has 1 unspecified atom stereocenters. The molecule has 168 valence electrons. The molecule has 0 aliphatic rings. The summed E-state index contributed by atoms with van der Waals surface area (Å²) in [6.07, 6.45) is 1.63. The molecule has 1 N–H and O–H groups in total. The average molecular weight is 452 g/mol. The molecule has 1 aromatic heterocycles. The zero-order valence-corrected chi connectivity index (χ0v) is 19.9. The van der Waals surface area contributed by atoms with E-state index in [1.807, 2.05) is 0 Å². The van der Waals surface area contributed by atoms with E-state index in [0.717, 1.165) is 0 Å². The van der Waals surface area contributed by atoms with Gasteiger partial charge in [-0.05, 0) is 54.4 Å². The van der Waals surface area contributed by atoms with Crippen LogP contribution in [0.15, 0.2) is 21.9 Å². The molecular weight excluding hydrogens is 418 g/mol. The molecule has 0 bridgehead atoms. The van der Waals surface area contributed by atoms with Crippen molar-refractivity contribution in [1.29, 1.82) is 0 Å². The Balaban J connectivity index is 2.84. The Bertz CT molecular complexity index is 831. The number of nitrogens with zero attached hydrogens (tertiary/aromatic N) is 1. The summed E-state index contributed by atoms with van der Waals surface area (Å²) in [6, 6.07) is 1.27. The Morgan fingerprint density at radius 1 is 0.931 bits per heavy atom. The van der Waals surface area contributed by atoms with Crippen LogP contribution in [-0.2, 0) is 29.2 Å². The first kappa shape index (κ1) is 26.1. The zero-order valence-electron chi connectivity index (χ0n) is 18.1. The van der Waals surface area contributed by atoms with Crippen molar-refractivity contribution in [1.82, 2.24) is 9.55 Å². The predicted molar refractivity (Wildman–Crippen MR) is 114 cm³/mol. The maximum absolute atomic E-state index is 13.5. The maximum Gasteiger partial charge on any atom is 0.340 e. The van der Waals surface area contributed by atoms with E-state index in [9.17, 15) is 18.7 Å². The number of unbranched alkanes of at least 4 members (excludes halogenated alkanes) is 1. The number of hydrogen-bond donors (Lipinski definition) is 1. The highest BCUT2D eigenvalue weighted by Crippen LogP contribution is 2.65. The molecule has 11 heteroatoms. The molecule has 0 fully saturated rings. The molecule has 0 amide bonds. The van der Waals surface area contributed by atoms with E-state index in [1.165, 1.54) is 16.8 Å². The number of rotatable bonds is 13. The Morgan fingerprint density at radius 2 is 1.48 bits per heavy atom. The number of nitrogens with one attached hydrogen (secondary N) is 1. The van der Waals surface area contributed by atoms with Crippen molar-refractivity contribution in [3.8, 4) is 0 Å². The molecule has 0 radical (unpaired) electrons. The molecule has 0 spiro atoms. The van der Waals surface area contributed by atoms with Crippen molar-refractivity contribution < 1.29 is 22.7 Å². The van der Waals surface area contributed by atoms with Crippen molar-refractivity contribution in [2.45, 2.75) is 79.2 Å². The normalized spacial score (nSPS) is 14.7. The van der Waals surface area contributed by atoms with Crippen LogP contribution in [0.4, 0.5) is 0 Å². The Hall–Kier alpha value is -0.980. The van der Waals surface area contributed by atoms with Gasteiger partial charge in [0.25, 0.3) is 5.56 Å². The molecule has 1 rings (SSSR count). The second-order valence-corrected chi connectivity index (χ2v) is 12.8. The monoisotopic (exact) mass is 452 g/mol. The van der Waals surface area contributed by atoms with Crippen LogP contribution in [0.3, 0.4) is 0 Å². The smallest absolute Gasteiger partial charge is 0.325 e. The summed E-state index contributed by atoms with van der Waals surface area (Å²) in [6.45, 7) is 10.9. The molecule has 0 aliphatic heterocycles. The van der Waals surface area contributed by atoms with Crippen molar-refractivity contribution in [3.05, 3.63) is 33.1 Å². The van der Waals surface area contributed by atoms with E-state index in [0.29, 0.717) is 19.4 Å². The summed E-state index contributed by atoms with van der Waals surface area (Å²) in [5, 5.41) is 0. The van der Waals surface area contributed by atoms with Gasteiger partial charge in [0, 0.05) is 25.0 Å². The van der Waals surface area contributed by atoms with Crippen LogP contribution in [0.5, 0.6) is 0 Å². The van der Waals surface area contributed by atoms with Gasteiger partial charge >= 0.3 is 13.3 Å². The number of aryl methyl sites for hydroxylation is 1. The highest BCUT2D eigenvalue weighted by Gasteiger charge is 2.39. The van der Waals surface area contributed by atoms with Gasteiger partial charge in [-0.1, -0.05) is 0 Å². The highest BCUT2D eigenvalue weighted by atomic mass is 31.2. The van der Waals surface area contributed by atoms with Crippen LogP contribution in [-0.4, -0.2) is 39.9 Å². The minimum Gasteiger partial charge on any atom is -0.325 e. The fourth-order valence-electron chi connectivity index (χ4n) is 2.79. The van der Waals surface area contributed by atoms with Crippen LogP contribution in [0, 0.1) is 0 Å². The second-order valence-electron chi connectivity index (χ2n) is 7.76. The molecule has 1 heterocycles. The fourth-order valence-corrected chi connectivity index (χ4v) is 9.18. The van der Waals surface area contributed by atoms with E-state index in [4.69, 9.17) is 13.6 Å². The quantitative estimate of drug-likeness (QED) is 0.355. The summed E-state index contributed by atoms with van der Waals surface area (Å²) in [7, 11) is -6.92. The molecule has 0 aliphatic carbocycles. The van der Waals surface area contributed by atoms with Crippen molar-refractivity contribution in [2.75, 3.05) is 12.1 Å². The number of hydrogen-bond acceptors (Lipinski definition) is 7. The van der Waals surface area contributed by atoms with Gasteiger partial charge in [-0.2, -0.15) is 0 Å². The third kappa shape index (κ3) is 10.1. The van der Waals surface area contributed by atoms with Crippen LogP contribution in [0.2, 0.25) is 0 Å². The lowest BCUT2D eigenvalue weighted by Gasteiger charge is -2.28. The third-order valence-electron chi connectivity index (χ3n) is 3.58. The number of H-pyrrole nitrogens is 1. The van der Waals surface area contributed by atoms with E-state index < -0.39 is 26.2 Å². The van der Waals surface area contributed by atoms with Gasteiger partial charge in [0.1, 0.15) is 5.90 Å². The van der Waals surface area contributed by atoms with E-state index in [2.05, 4.69) is 4.98 Å². The number of aromatic amines is 1. The second kappa shape index (κ2) is 11.4. The molecule has 9 nitrogen and oxygen atoms in total. The van der Waals surface area contributed by atoms with Gasteiger partial charge < -0.3 is 18.1 Å². The maximum atomic E-state index is 13.5. The van der Waals surface area contributed by atoms with E-state index >= 15 is 0 Å². The first-order chi connectivity index (χ1) is 13.3. The van der Waals surface area contributed by atoms with Crippen LogP contribution in [0.1, 0.15) is 54.4 Å². The first-order valence-electron chi connectivity index (χ1n) is 9.86. The van der Waals surface area contributed by atoms with Gasteiger partial charge in [-0.25, -0.2) is 4.79 Å². The molecule has 0 saturated carbocycles. The van der Waals surface area contributed by atoms with E-state index in [1.54, 1.807) is 41.5 Å². The van der Waals surface area contributed by atoms with Crippen LogP contribution >= 0.6 is 15.0 Å². The highest BCUT2D eigenvalue weighted by molar-refractivity contribution is 7.74. The lowest BCUT2D eigenvalue weighted by Crippen LogP contribution is -2.28. The molecule has 1 aromatic rings. The lowest BCUT2D eigenvalue weighted by atomic mass is 10.3. The van der Waals surface area contributed by atoms with Crippen LogP contribution < -0.4 is 11.2 Å². The summed E-state index contributed by atoms with van der Waals surface area (Å²) >= 11 is 0. The minimum atomic E-state index is -3.61.